The van der Waals surface area contributed by atoms with Gasteiger partial charge in [0.25, 0.3) is 11.8 Å². The van der Waals surface area contributed by atoms with Crippen LogP contribution >= 0.6 is 11.6 Å². The molecule has 1 aromatic heterocycles. The quantitative estimate of drug-likeness (QED) is 0.640. The highest BCUT2D eigenvalue weighted by Gasteiger charge is 2.39. The van der Waals surface area contributed by atoms with Crippen molar-refractivity contribution < 1.29 is 9.59 Å². The molecule has 1 N–H and O–H groups in total. The third kappa shape index (κ3) is 3.77. The zero-order valence-corrected chi connectivity index (χ0v) is 16.5. The number of carbonyl (C=O) groups is 2. The fourth-order valence-electron chi connectivity index (χ4n) is 3.19. The molecule has 0 saturated carbocycles. The molecule has 6 heteroatoms. The molecule has 3 aromatic rings. The lowest BCUT2D eigenvalue weighted by Gasteiger charge is -2.15. The summed E-state index contributed by atoms with van der Waals surface area (Å²) >= 11 is 6.23. The predicted octanol–water partition coefficient (Wildman–Crippen LogP) is 4.44. The number of pyridine rings is 1. The standard InChI is InChI=1S/C23H18ClN3O2/c1-15-7-8-18(13-19(15)24)26-21-20(17-5-3-2-4-6-17)22(28)27(23(21)29)14-16-9-11-25-12-10-16/h2-13,26H,14H2,1H3. The van der Waals surface area contributed by atoms with E-state index in [0.717, 1.165) is 11.1 Å². The van der Waals surface area contributed by atoms with E-state index in [1.165, 1.54) is 4.90 Å². The van der Waals surface area contributed by atoms with Gasteiger partial charge in [0.15, 0.2) is 0 Å². The Balaban J connectivity index is 1.74. The Morgan fingerprint density at radius 1 is 0.966 bits per heavy atom. The lowest BCUT2D eigenvalue weighted by atomic mass is 10.0. The molecular formula is C23H18ClN3O2. The first kappa shape index (κ1) is 18.9. The monoisotopic (exact) mass is 403 g/mol. The lowest BCUT2D eigenvalue weighted by Crippen LogP contribution is -2.32. The molecule has 0 bridgehead atoms. The molecule has 0 spiro atoms. The fraction of sp³-hybridized carbons (Fsp3) is 0.0870. The molecule has 4 rings (SSSR count). The summed E-state index contributed by atoms with van der Waals surface area (Å²) in [6.45, 7) is 2.08. The molecule has 0 unspecified atom stereocenters. The van der Waals surface area contributed by atoms with Crippen molar-refractivity contribution in [2.24, 2.45) is 0 Å². The smallest absolute Gasteiger partial charge is 0.278 e. The van der Waals surface area contributed by atoms with E-state index in [1.807, 2.05) is 49.4 Å². The summed E-state index contributed by atoms with van der Waals surface area (Å²) < 4.78 is 0. The lowest BCUT2D eigenvalue weighted by molar-refractivity contribution is -0.137. The number of imide groups is 1. The summed E-state index contributed by atoms with van der Waals surface area (Å²) in [4.78, 5) is 31.6. The molecule has 5 nitrogen and oxygen atoms in total. The average molecular weight is 404 g/mol. The fourth-order valence-corrected chi connectivity index (χ4v) is 3.37. The molecular weight excluding hydrogens is 386 g/mol. The van der Waals surface area contributed by atoms with Crippen molar-refractivity contribution >= 4 is 34.7 Å². The summed E-state index contributed by atoms with van der Waals surface area (Å²) in [6, 6.07) is 18.2. The molecule has 0 radical (unpaired) electrons. The summed E-state index contributed by atoms with van der Waals surface area (Å²) in [7, 11) is 0. The highest BCUT2D eigenvalue weighted by molar-refractivity contribution is 6.36. The van der Waals surface area contributed by atoms with E-state index >= 15 is 0 Å². The van der Waals surface area contributed by atoms with Crippen molar-refractivity contribution in [1.82, 2.24) is 9.88 Å². The first-order valence-corrected chi connectivity index (χ1v) is 9.50. The van der Waals surface area contributed by atoms with Crippen molar-refractivity contribution in [2.45, 2.75) is 13.5 Å². The number of carbonyl (C=O) groups excluding carboxylic acids is 2. The van der Waals surface area contributed by atoms with Crippen LogP contribution in [0.1, 0.15) is 16.7 Å². The molecule has 144 valence electrons. The molecule has 2 amide bonds. The zero-order chi connectivity index (χ0) is 20.4. The van der Waals surface area contributed by atoms with E-state index in [0.29, 0.717) is 21.8 Å². The first-order chi connectivity index (χ1) is 14.0. The predicted molar refractivity (Wildman–Crippen MR) is 113 cm³/mol. The maximum Gasteiger partial charge on any atom is 0.278 e. The third-order valence-electron chi connectivity index (χ3n) is 4.76. The van der Waals surface area contributed by atoms with E-state index in [4.69, 9.17) is 11.6 Å². The Bertz CT molecular complexity index is 1110. The Kier molecular flexibility index (Phi) is 5.14. The Morgan fingerprint density at radius 3 is 2.38 bits per heavy atom. The Labute approximate surface area is 173 Å². The van der Waals surface area contributed by atoms with Gasteiger partial charge in [-0.3, -0.25) is 19.5 Å². The van der Waals surface area contributed by atoms with Gasteiger partial charge in [0.2, 0.25) is 0 Å². The number of anilines is 1. The van der Waals surface area contributed by atoms with Crippen LogP contribution in [0, 0.1) is 6.92 Å². The van der Waals surface area contributed by atoms with Crippen LogP contribution in [0.3, 0.4) is 0 Å². The normalized spacial score (nSPS) is 13.9. The number of halogens is 1. The second-order valence-electron chi connectivity index (χ2n) is 6.76. The van der Waals surface area contributed by atoms with Crippen molar-refractivity contribution in [2.75, 3.05) is 5.32 Å². The molecule has 2 aromatic carbocycles. The molecule has 1 aliphatic rings. The van der Waals surface area contributed by atoms with Crippen LogP contribution in [0.15, 0.2) is 78.8 Å². The second kappa shape index (κ2) is 7.89. The van der Waals surface area contributed by atoms with Gasteiger partial charge in [0, 0.05) is 23.1 Å². The number of aryl methyl sites for hydroxylation is 1. The molecule has 2 heterocycles. The van der Waals surface area contributed by atoms with Gasteiger partial charge in [-0.15, -0.1) is 0 Å². The van der Waals surface area contributed by atoms with E-state index in [-0.39, 0.29) is 24.1 Å². The maximum atomic E-state index is 13.2. The number of aromatic nitrogens is 1. The van der Waals surface area contributed by atoms with Crippen LogP contribution in [0.2, 0.25) is 5.02 Å². The molecule has 0 aliphatic carbocycles. The van der Waals surface area contributed by atoms with Crippen LogP contribution in [0.4, 0.5) is 5.69 Å². The summed E-state index contributed by atoms with van der Waals surface area (Å²) in [5.41, 5.74) is 3.69. The number of benzene rings is 2. The van der Waals surface area contributed by atoms with Crippen molar-refractivity contribution in [3.05, 3.63) is 100 Å². The number of hydrogen-bond acceptors (Lipinski definition) is 4. The first-order valence-electron chi connectivity index (χ1n) is 9.12. The summed E-state index contributed by atoms with van der Waals surface area (Å²) in [6.07, 6.45) is 3.28. The largest absolute Gasteiger partial charge is 0.350 e. The third-order valence-corrected chi connectivity index (χ3v) is 5.17. The number of amides is 2. The molecule has 0 saturated heterocycles. The van der Waals surface area contributed by atoms with E-state index in [9.17, 15) is 9.59 Å². The molecule has 29 heavy (non-hydrogen) atoms. The minimum Gasteiger partial charge on any atom is -0.350 e. The SMILES string of the molecule is Cc1ccc(NC2=C(c3ccccc3)C(=O)N(Cc3ccncc3)C2=O)cc1Cl. The average Bonchev–Trinajstić information content (AvgIpc) is 2.96. The zero-order valence-electron chi connectivity index (χ0n) is 15.7. The second-order valence-corrected chi connectivity index (χ2v) is 7.16. The molecule has 1 aliphatic heterocycles. The van der Waals surface area contributed by atoms with Crippen LogP contribution in [0.5, 0.6) is 0 Å². The highest BCUT2D eigenvalue weighted by atomic mass is 35.5. The van der Waals surface area contributed by atoms with Crippen LogP contribution in [-0.4, -0.2) is 21.7 Å². The highest BCUT2D eigenvalue weighted by Crippen LogP contribution is 2.32. The molecule has 0 atom stereocenters. The van der Waals surface area contributed by atoms with Crippen LogP contribution in [0.25, 0.3) is 5.57 Å². The maximum absolute atomic E-state index is 13.2. The number of nitrogens with one attached hydrogen (secondary N) is 1. The van der Waals surface area contributed by atoms with Gasteiger partial charge in [-0.25, -0.2) is 0 Å². The summed E-state index contributed by atoms with van der Waals surface area (Å²) in [5.74, 6) is -0.707. The van der Waals surface area contributed by atoms with Crippen molar-refractivity contribution in [3.63, 3.8) is 0 Å². The minimum atomic E-state index is -0.373. The van der Waals surface area contributed by atoms with Gasteiger partial charge in [-0.05, 0) is 47.9 Å². The van der Waals surface area contributed by atoms with Gasteiger partial charge in [0.05, 0.1) is 12.1 Å². The van der Waals surface area contributed by atoms with Gasteiger partial charge in [-0.1, -0.05) is 48.0 Å². The number of rotatable bonds is 5. The van der Waals surface area contributed by atoms with Gasteiger partial charge in [0.1, 0.15) is 5.70 Å². The van der Waals surface area contributed by atoms with Crippen molar-refractivity contribution in [1.29, 1.82) is 0 Å². The van der Waals surface area contributed by atoms with E-state index in [2.05, 4.69) is 10.3 Å². The topological polar surface area (TPSA) is 62.3 Å². The van der Waals surface area contributed by atoms with E-state index in [1.54, 1.807) is 30.6 Å². The minimum absolute atomic E-state index is 0.177. The van der Waals surface area contributed by atoms with Crippen LogP contribution in [-0.2, 0) is 16.1 Å². The Morgan fingerprint density at radius 2 is 1.69 bits per heavy atom. The van der Waals surface area contributed by atoms with Gasteiger partial charge in [-0.2, -0.15) is 0 Å². The van der Waals surface area contributed by atoms with E-state index < -0.39 is 0 Å². The molecule has 0 fully saturated rings. The van der Waals surface area contributed by atoms with Gasteiger partial charge >= 0.3 is 0 Å². The Hall–Kier alpha value is -3.44. The number of hydrogen-bond donors (Lipinski definition) is 1. The van der Waals surface area contributed by atoms with Crippen LogP contribution < -0.4 is 5.32 Å². The summed E-state index contributed by atoms with van der Waals surface area (Å²) in [5, 5.41) is 3.71. The number of nitrogens with zero attached hydrogens (tertiary/aromatic N) is 2. The van der Waals surface area contributed by atoms with Gasteiger partial charge < -0.3 is 5.32 Å². The van der Waals surface area contributed by atoms with Crippen molar-refractivity contribution in [3.8, 4) is 0 Å².